The summed E-state index contributed by atoms with van der Waals surface area (Å²) in [6, 6.07) is -0.321. The number of carbonyl (C=O) groups excluding carboxylic acids is 1. The van der Waals surface area contributed by atoms with Crippen LogP contribution >= 0.6 is 0 Å². The average molecular weight is 229 g/mol. The lowest BCUT2D eigenvalue weighted by atomic mass is 10.0. The molecule has 4 nitrogen and oxygen atoms in total. The maximum Gasteiger partial charge on any atom is 0.326 e. The molecule has 1 rings (SSSR count). The Morgan fingerprint density at radius 1 is 1.12 bits per heavy atom. The lowest BCUT2D eigenvalue weighted by Gasteiger charge is -2.40. The van der Waals surface area contributed by atoms with Crippen molar-refractivity contribution in [3.05, 3.63) is 0 Å². The Bertz CT molecular complexity index is 262. The zero-order valence-corrected chi connectivity index (χ0v) is 11.1. The molecule has 0 aromatic carbocycles. The van der Waals surface area contributed by atoms with Crippen LogP contribution in [0.2, 0.25) is 0 Å². The first-order chi connectivity index (χ1) is 7.08. The Labute approximate surface area is 97.7 Å². The minimum absolute atomic E-state index is 0.0742. The van der Waals surface area contributed by atoms with Crippen LogP contribution in [0, 0.1) is 0 Å². The van der Waals surface area contributed by atoms with E-state index in [4.69, 9.17) is 9.47 Å². The molecule has 0 unspecified atom stereocenters. The van der Waals surface area contributed by atoms with Gasteiger partial charge in [0.15, 0.2) is 0 Å². The smallest absolute Gasteiger partial charge is 0.326 e. The van der Waals surface area contributed by atoms with E-state index in [0.717, 1.165) is 0 Å². The number of hydrogen-bond acceptors (Lipinski definition) is 4. The van der Waals surface area contributed by atoms with Crippen molar-refractivity contribution in [3.63, 3.8) is 0 Å². The minimum atomic E-state index is -0.444. The van der Waals surface area contributed by atoms with Crippen molar-refractivity contribution in [2.75, 3.05) is 6.54 Å². The van der Waals surface area contributed by atoms with Crippen LogP contribution < -0.4 is 5.32 Å². The predicted octanol–water partition coefficient (Wildman–Crippen LogP) is 1.48. The van der Waals surface area contributed by atoms with Gasteiger partial charge in [-0.2, -0.15) is 0 Å². The van der Waals surface area contributed by atoms with E-state index in [1.165, 1.54) is 0 Å². The second-order valence-corrected chi connectivity index (χ2v) is 6.19. The maximum atomic E-state index is 11.8. The van der Waals surface area contributed by atoms with Crippen LogP contribution in [0.1, 0.15) is 41.5 Å². The standard InChI is InChI=1S/C12H23NO3/c1-11(2,3)15-8-7-13-9(8)10(14)16-12(4,5)6/h8-9,13H,7H2,1-6H3/t8-,9+/m1/s1. The summed E-state index contributed by atoms with van der Waals surface area (Å²) in [5, 5.41) is 3.04. The van der Waals surface area contributed by atoms with Gasteiger partial charge in [0.2, 0.25) is 0 Å². The van der Waals surface area contributed by atoms with Crippen LogP contribution in [0.15, 0.2) is 0 Å². The van der Waals surface area contributed by atoms with Gasteiger partial charge in [-0.3, -0.25) is 10.1 Å². The normalized spacial score (nSPS) is 26.1. The fourth-order valence-corrected chi connectivity index (χ4v) is 1.50. The first-order valence-corrected chi connectivity index (χ1v) is 5.72. The van der Waals surface area contributed by atoms with E-state index < -0.39 is 5.60 Å². The summed E-state index contributed by atoms with van der Waals surface area (Å²) in [5.74, 6) is -0.229. The molecule has 16 heavy (non-hydrogen) atoms. The highest BCUT2D eigenvalue weighted by atomic mass is 16.6. The molecule has 0 aromatic heterocycles. The third-order valence-electron chi connectivity index (χ3n) is 2.08. The van der Waals surface area contributed by atoms with Gasteiger partial charge in [0.05, 0.1) is 11.7 Å². The van der Waals surface area contributed by atoms with E-state index in [9.17, 15) is 4.79 Å². The molecule has 1 saturated heterocycles. The Balaban J connectivity index is 2.47. The van der Waals surface area contributed by atoms with Crippen molar-refractivity contribution in [3.8, 4) is 0 Å². The van der Waals surface area contributed by atoms with E-state index in [-0.39, 0.29) is 23.7 Å². The largest absolute Gasteiger partial charge is 0.459 e. The van der Waals surface area contributed by atoms with Gasteiger partial charge >= 0.3 is 5.97 Å². The Kier molecular flexibility index (Phi) is 3.65. The summed E-state index contributed by atoms with van der Waals surface area (Å²) in [7, 11) is 0. The summed E-state index contributed by atoms with van der Waals surface area (Å²) < 4.78 is 11.1. The molecule has 0 spiro atoms. The highest BCUT2D eigenvalue weighted by molar-refractivity contribution is 5.78. The molecule has 0 amide bonds. The monoisotopic (exact) mass is 229 g/mol. The van der Waals surface area contributed by atoms with E-state index in [2.05, 4.69) is 5.32 Å². The summed E-state index contributed by atoms with van der Waals surface area (Å²) in [6.45, 7) is 12.3. The zero-order valence-electron chi connectivity index (χ0n) is 11.1. The highest BCUT2D eigenvalue weighted by Crippen LogP contribution is 2.20. The van der Waals surface area contributed by atoms with Crippen LogP contribution in [-0.4, -0.2) is 35.9 Å². The second kappa shape index (κ2) is 4.34. The van der Waals surface area contributed by atoms with Crippen LogP contribution in [-0.2, 0) is 14.3 Å². The fraction of sp³-hybridized carbons (Fsp3) is 0.917. The van der Waals surface area contributed by atoms with Crippen molar-refractivity contribution < 1.29 is 14.3 Å². The van der Waals surface area contributed by atoms with Gasteiger partial charge in [-0.1, -0.05) is 0 Å². The molecule has 94 valence electrons. The minimum Gasteiger partial charge on any atom is -0.459 e. The number of rotatable bonds is 2. The molecule has 4 heteroatoms. The molecule has 1 aliphatic heterocycles. The number of nitrogens with one attached hydrogen (secondary N) is 1. The average Bonchev–Trinajstić information content (AvgIpc) is 1.92. The first-order valence-electron chi connectivity index (χ1n) is 5.72. The van der Waals surface area contributed by atoms with Crippen molar-refractivity contribution >= 4 is 5.97 Å². The van der Waals surface area contributed by atoms with Crippen LogP contribution in [0.4, 0.5) is 0 Å². The van der Waals surface area contributed by atoms with Gasteiger partial charge in [-0.25, -0.2) is 0 Å². The van der Waals surface area contributed by atoms with Crippen molar-refractivity contribution in [1.82, 2.24) is 5.32 Å². The van der Waals surface area contributed by atoms with Crippen molar-refractivity contribution in [1.29, 1.82) is 0 Å². The molecule has 0 bridgehead atoms. The van der Waals surface area contributed by atoms with E-state index in [1.807, 2.05) is 41.5 Å². The molecule has 2 atom stereocenters. The molecule has 1 fully saturated rings. The van der Waals surface area contributed by atoms with E-state index in [1.54, 1.807) is 0 Å². The lowest BCUT2D eigenvalue weighted by molar-refractivity contribution is -0.173. The summed E-state index contributed by atoms with van der Waals surface area (Å²) in [6.07, 6.45) is -0.0742. The maximum absolute atomic E-state index is 11.8. The molecule has 1 heterocycles. The van der Waals surface area contributed by atoms with Crippen molar-refractivity contribution in [2.45, 2.75) is 64.9 Å². The lowest BCUT2D eigenvalue weighted by Crippen LogP contribution is -2.64. The molecule has 1 N–H and O–H groups in total. The molecular formula is C12H23NO3. The van der Waals surface area contributed by atoms with Gasteiger partial charge in [-0.05, 0) is 41.5 Å². The molecular weight excluding hydrogens is 206 g/mol. The van der Waals surface area contributed by atoms with Gasteiger partial charge in [-0.15, -0.1) is 0 Å². The third-order valence-corrected chi connectivity index (χ3v) is 2.08. The summed E-state index contributed by atoms with van der Waals surface area (Å²) >= 11 is 0. The van der Waals surface area contributed by atoms with Gasteiger partial charge < -0.3 is 9.47 Å². The number of ether oxygens (including phenoxy) is 2. The van der Waals surface area contributed by atoms with E-state index in [0.29, 0.717) is 6.54 Å². The Morgan fingerprint density at radius 2 is 1.69 bits per heavy atom. The zero-order chi connectivity index (χ0) is 12.6. The van der Waals surface area contributed by atoms with E-state index >= 15 is 0 Å². The molecule has 0 aliphatic carbocycles. The quantitative estimate of drug-likeness (QED) is 0.729. The molecule has 1 aliphatic rings. The topological polar surface area (TPSA) is 47.6 Å². The van der Waals surface area contributed by atoms with Gasteiger partial charge in [0.1, 0.15) is 11.6 Å². The number of esters is 1. The number of carbonyl (C=O) groups is 1. The Hall–Kier alpha value is -0.610. The Morgan fingerprint density at radius 3 is 2.00 bits per heavy atom. The first kappa shape index (κ1) is 13.5. The second-order valence-electron chi connectivity index (χ2n) is 6.19. The third kappa shape index (κ3) is 4.10. The van der Waals surface area contributed by atoms with Gasteiger partial charge in [0, 0.05) is 6.54 Å². The number of hydrogen-bond donors (Lipinski definition) is 1. The molecule has 0 aromatic rings. The molecule has 0 radical (unpaired) electrons. The summed E-state index contributed by atoms with van der Waals surface area (Å²) in [5.41, 5.74) is -0.673. The van der Waals surface area contributed by atoms with Gasteiger partial charge in [0.25, 0.3) is 0 Å². The summed E-state index contributed by atoms with van der Waals surface area (Å²) in [4.78, 5) is 11.8. The van der Waals surface area contributed by atoms with Crippen LogP contribution in [0.25, 0.3) is 0 Å². The van der Waals surface area contributed by atoms with Crippen molar-refractivity contribution in [2.24, 2.45) is 0 Å². The van der Waals surface area contributed by atoms with Crippen LogP contribution in [0.5, 0.6) is 0 Å². The predicted molar refractivity (Wildman–Crippen MR) is 62.3 cm³/mol. The SMILES string of the molecule is CC(C)(C)OC(=O)[C@H]1NC[C@H]1OC(C)(C)C. The fourth-order valence-electron chi connectivity index (χ4n) is 1.50. The van der Waals surface area contributed by atoms with Crippen LogP contribution in [0.3, 0.4) is 0 Å². The molecule has 0 saturated carbocycles. The highest BCUT2D eigenvalue weighted by Gasteiger charge is 2.41.